The van der Waals surface area contributed by atoms with Crippen molar-refractivity contribution >= 4 is 23.2 Å². The van der Waals surface area contributed by atoms with Gasteiger partial charge in [-0.05, 0) is 42.8 Å². The Kier molecular flexibility index (Phi) is 5.29. The molecule has 0 radical (unpaired) electrons. The maximum Gasteiger partial charge on any atom is 0.229 e. The Bertz CT molecular complexity index is 1030. The van der Waals surface area contributed by atoms with Crippen molar-refractivity contribution < 1.29 is 14.3 Å². The summed E-state index contributed by atoms with van der Waals surface area (Å²) >= 11 is 0. The van der Waals surface area contributed by atoms with Crippen LogP contribution in [0.25, 0.3) is 0 Å². The molecule has 5 nitrogen and oxygen atoms in total. The topological polar surface area (TPSA) is 58.6 Å². The molecule has 1 N–H and O–H groups in total. The van der Waals surface area contributed by atoms with Gasteiger partial charge >= 0.3 is 0 Å². The van der Waals surface area contributed by atoms with Gasteiger partial charge in [0.05, 0.1) is 11.6 Å². The molecule has 5 heteroatoms. The molecular weight excluding hydrogens is 364 g/mol. The zero-order valence-electron chi connectivity index (χ0n) is 16.2. The molecule has 0 spiro atoms. The van der Waals surface area contributed by atoms with Gasteiger partial charge < -0.3 is 15.0 Å². The maximum atomic E-state index is 12.9. The number of rotatable bonds is 5. The summed E-state index contributed by atoms with van der Waals surface area (Å²) < 4.78 is 6.02. The first kappa shape index (κ1) is 18.7. The zero-order chi connectivity index (χ0) is 20.2. The fourth-order valence-corrected chi connectivity index (χ4v) is 3.42. The number of carbonyl (C=O) groups excluding carboxylic acids is 2. The second-order valence-corrected chi connectivity index (χ2v) is 7.09. The van der Waals surface area contributed by atoms with Crippen molar-refractivity contribution in [3.05, 3.63) is 84.4 Å². The molecule has 0 aromatic heterocycles. The summed E-state index contributed by atoms with van der Waals surface area (Å²) in [6.07, 6.45) is 0.196. The second kappa shape index (κ2) is 8.19. The second-order valence-electron chi connectivity index (χ2n) is 7.09. The van der Waals surface area contributed by atoms with Crippen LogP contribution in [0.5, 0.6) is 11.5 Å². The van der Waals surface area contributed by atoms with Crippen LogP contribution in [0.4, 0.5) is 11.4 Å². The molecule has 1 heterocycles. The number of amides is 2. The van der Waals surface area contributed by atoms with E-state index in [2.05, 4.69) is 5.32 Å². The van der Waals surface area contributed by atoms with Crippen molar-refractivity contribution in [3.8, 4) is 11.5 Å². The SMILES string of the molecule is Cc1ccccc1Oc1ccccc1NC(=O)C1CC(=O)N(c2ccccc2)C1. The molecule has 0 saturated carbocycles. The molecule has 1 aliphatic heterocycles. The number of hydrogen-bond donors (Lipinski definition) is 1. The third kappa shape index (κ3) is 4.14. The Morgan fingerprint density at radius 3 is 2.34 bits per heavy atom. The van der Waals surface area contributed by atoms with Gasteiger partial charge in [0.25, 0.3) is 0 Å². The molecule has 0 aliphatic carbocycles. The van der Waals surface area contributed by atoms with Gasteiger partial charge in [-0.1, -0.05) is 48.5 Å². The quantitative estimate of drug-likeness (QED) is 0.687. The van der Waals surface area contributed by atoms with Crippen molar-refractivity contribution in [2.75, 3.05) is 16.8 Å². The van der Waals surface area contributed by atoms with Gasteiger partial charge in [-0.25, -0.2) is 0 Å². The van der Waals surface area contributed by atoms with E-state index in [-0.39, 0.29) is 18.2 Å². The van der Waals surface area contributed by atoms with E-state index in [1.165, 1.54) is 0 Å². The van der Waals surface area contributed by atoms with Gasteiger partial charge in [-0.3, -0.25) is 9.59 Å². The third-order valence-corrected chi connectivity index (χ3v) is 5.02. The van der Waals surface area contributed by atoms with Gasteiger partial charge in [0, 0.05) is 18.7 Å². The van der Waals surface area contributed by atoms with Crippen LogP contribution in [0.1, 0.15) is 12.0 Å². The van der Waals surface area contributed by atoms with E-state index in [0.717, 1.165) is 17.0 Å². The Morgan fingerprint density at radius 1 is 0.931 bits per heavy atom. The lowest BCUT2D eigenvalue weighted by Gasteiger charge is -2.17. The summed E-state index contributed by atoms with van der Waals surface area (Å²) in [6, 6.07) is 24.5. The number of para-hydroxylation sites is 4. The van der Waals surface area contributed by atoms with Gasteiger partial charge in [0.2, 0.25) is 11.8 Å². The van der Waals surface area contributed by atoms with Gasteiger partial charge in [0.15, 0.2) is 5.75 Å². The molecule has 2 amide bonds. The number of nitrogens with zero attached hydrogens (tertiary/aromatic N) is 1. The van der Waals surface area contributed by atoms with Crippen LogP contribution in [0.3, 0.4) is 0 Å². The lowest BCUT2D eigenvalue weighted by Crippen LogP contribution is -2.28. The van der Waals surface area contributed by atoms with Crippen molar-refractivity contribution in [3.63, 3.8) is 0 Å². The maximum absolute atomic E-state index is 12.9. The summed E-state index contributed by atoms with van der Waals surface area (Å²) in [5.74, 6) is 0.674. The molecule has 0 bridgehead atoms. The van der Waals surface area contributed by atoms with E-state index < -0.39 is 5.92 Å². The van der Waals surface area contributed by atoms with Crippen molar-refractivity contribution in [2.45, 2.75) is 13.3 Å². The molecule has 146 valence electrons. The molecule has 1 fully saturated rings. The predicted molar refractivity (Wildman–Crippen MR) is 113 cm³/mol. The molecule has 3 aromatic rings. The Balaban J connectivity index is 1.48. The Labute approximate surface area is 169 Å². The monoisotopic (exact) mass is 386 g/mol. The highest BCUT2D eigenvalue weighted by Crippen LogP contribution is 2.32. The van der Waals surface area contributed by atoms with Crippen LogP contribution in [0.15, 0.2) is 78.9 Å². The van der Waals surface area contributed by atoms with Crippen LogP contribution in [-0.2, 0) is 9.59 Å². The number of aryl methyl sites for hydroxylation is 1. The largest absolute Gasteiger partial charge is 0.455 e. The first-order chi connectivity index (χ1) is 14.1. The minimum atomic E-state index is -0.408. The lowest BCUT2D eigenvalue weighted by molar-refractivity contribution is -0.122. The van der Waals surface area contributed by atoms with E-state index in [1.54, 1.807) is 11.0 Å². The smallest absolute Gasteiger partial charge is 0.229 e. The summed E-state index contributed by atoms with van der Waals surface area (Å²) in [5, 5.41) is 2.94. The molecule has 4 rings (SSSR count). The fraction of sp³-hybridized carbons (Fsp3) is 0.167. The molecule has 1 atom stereocenters. The van der Waals surface area contributed by atoms with E-state index in [0.29, 0.717) is 18.0 Å². The Hall–Kier alpha value is -3.60. The minimum Gasteiger partial charge on any atom is -0.455 e. The highest BCUT2D eigenvalue weighted by molar-refractivity contribution is 6.03. The number of nitrogens with one attached hydrogen (secondary N) is 1. The molecule has 29 heavy (non-hydrogen) atoms. The van der Waals surface area contributed by atoms with Crippen LogP contribution in [0, 0.1) is 12.8 Å². The molecule has 1 unspecified atom stereocenters. The average molecular weight is 386 g/mol. The number of anilines is 2. The minimum absolute atomic E-state index is 0.0409. The van der Waals surface area contributed by atoms with Crippen LogP contribution < -0.4 is 15.0 Å². The van der Waals surface area contributed by atoms with Crippen molar-refractivity contribution in [2.24, 2.45) is 5.92 Å². The third-order valence-electron chi connectivity index (χ3n) is 5.02. The lowest BCUT2D eigenvalue weighted by atomic mass is 10.1. The van der Waals surface area contributed by atoms with E-state index in [1.807, 2.05) is 79.7 Å². The normalized spacial score (nSPS) is 16.0. The van der Waals surface area contributed by atoms with E-state index in [4.69, 9.17) is 4.74 Å². The first-order valence-electron chi connectivity index (χ1n) is 9.60. The fourth-order valence-electron chi connectivity index (χ4n) is 3.42. The highest BCUT2D eigenvalue weighted by Gasteiger charge is 2.35. The van der Waals surface area contributed by atoms with Crippen molar-refractivity contribution in [1.82, 2.24) is 0 Å². The summed E-state index contributed by atoms with van der Waals surface area (Å²) in [5.41, 5.74) is 2.41. The van der Waals surface area contributed by atoms with Crippen LogP contribution >= 0.6 is 0 Å². The van der Waals surface area contributed by atoms with Crippen LogP contribution in [0.2, 0.25) is 0 Å². The van der Waals surface area contributed by atoms with Gasteiger partial charge in [-0.2, -0.15) is 0 Å². The molecule has 1 saturated heterocycles. The van der Waals surface area contributed by atoms with Gasteiger partial charge in [-0.15, -0.1) is 0 Å². The van der Waals surface area contributed by atoms with Crippen molar-refractivity contribution in [1.29, 1.82) is 0 Å². The number of benzene rings is 3. The summed E-state index contributed by atoms with van der Waals surface area (Å²) in [6.45, 7) is 2.34. The first-order valence-corrected chi connectivity index (χ1v) is 9.60. The van der Waals surface area contributed by atoms with E-state index in [9.17, 15) is 9.59 Å². The number of carbonyl (C=O) groups is 2. The molecule has 1 aliphatic rings. The average Bonchev–Trinajstić information content (AvgIpc) is 3.13. The van der Waals surface area contributed by atoms with E-state index >= 15 is 0 Å². The highest BCUT2D eigenvalue weighted by atomic mass is 16.5. The summed E-state index contributed by atoms with van der Waals surface area (Å²) in [7, 11) is 0. The number of ether oxygens (including phenoxy) is 1. The zero-order valence-corrected chi connectivity index (χ0v) is 16.2. The van der Waals surface area contributed by atoms with Gasteiger partial charge in [0.1, 0.15) is 5.75 Å². The van der Waals surface area contributed by atoms with Crippen LogP contribution in [-0.4, -0.2) is 18.4 Å². The predicted octanol–water partition coefficient (Wildman–Crippen LogP) is 4.78. The number of hydrogen-bond acceptors (Lipinski definition) is 3. The molecule has 3 aromatic carbocycles. The Morgan fingerprint density at radius 2 is 1.59 bits per heavy atom. The summed E-state index contributed by atoms with van der Waals surface area (Å²) in [4.78, 5) is 26.9. The molecular formula is C24H22N2O3. The standard InChI is InChI=1S/C24H22N2O3/c1-17-9-5-7-13-21(17)29-22-14-8-6-12-20(22)25-24(28)18-15-23(27)26(16-18)19-10-3-2-4-11-19/h2-14,18H,15-16H2,1H3,(H,25,28).